The van der Waals surface area contributed by atoms with Crippen molar-refractivity contribution in [1.29, 1.82) is 0 Å². The molecule has 180 valence electrons. The van der Waals surface area contributed by atoms with E-state index in [9.17, 15) is 14.7 Å². The summed E-state index contributed by atoms with van der Waals surface area (Å²) in [6, 6.07) is 9.13. The number of fused-ring (bicyclic) bond motifs is 1. The monoisotopic (exact) mass is 464 g/mol. The summed E-state index contributed by atoms with van der Waals surface area (Å²) >= 11 is 0. The molecule has 2 N–H and O–H groups in total. The lowest BCUT2D eigenvalue weighted by molar-refractivity contribution is -0.142. The van der Waals surface area contributed by atoms with Crippen LogP contribution in [0.15, 0.2) is 60.8 Å². The van der Waals surface area contributed by atoms with Crippen molar-refractivity contribution in [3.05, 3.63) is 72.1 Å². The van der Waals surface area contributed by atoms with Gasteiger partial charge in [-0.25, -0.2) is 9.48 Å². The second-order valence-corrected chi connectivity index (χ2v) is 9.15. The van der Waals surface area contributed by atoms with E-state index in [1.165, 1.54) is 6.08 Å². The molecule has 2 aliphatic rings. The van der Waals surface area contributed by atoms with Crippen molar-refractivity contribution >= 4 is 11.9 Å². The first-order valence-electron chi connectivity index (χ1n) is 12.0. The Balaban J connectivity index is 1.41. The van der Waals surface area contributed by atoms with Gasteiger partial charge in [0.25, 0.3) is 5.91 Å². The SMILES string of the molecule is CC1CCC/C=C/C2CC(n3cc(CNC(=O)c4ccccc4)nn3)CC2C(O)C=CC(=O)O1. The highest BCUT2D eigenvalue weighted by atomic mass is 16.5. The molecular formula is C26H32N4O4. The number of esters is 1. The Morgan fingerprint density at radius 1 is 1.24 bits per heavy atom. The first-order valence-corrected chi connectivity index (χ1v) is 12.0. The van der Waals surface area contributed by atoms with Crippen LogP contribution in [-0.4, -0.2) is 44.2 Å². The molecule has 5 atom stereocenters. The fourth-order valence-electron chi connectivity index (χ4n) is 4.75. The third-order valence-corrected chi connectivity index (χ3v) is 6.59. The minimum Gasteiger partial charge on any atom is -0.460 e. The number of nitrogens with zero attached hydrogens (tertiary/aromatic N) is 3. The molecule has 1 fully saturated rings. The molecule has 8 nitrogen and oxygen atoms in total. The number of hydrogen-bond donors (Lipinski definition) is 2. The van der Waals surface area contributed by atoms with Gasteiger partial charge in [-0.1, -0.05) is 35.6 Å². The molecule has 0 radical (unpaired) electrons. The van der Waals surface area contributed by atoms with Crippen molar-refractivity contribution in [2.45, 2.75) is 63.8 Å². The molecule has 1 amide bonds. The number of carbonyl (C=O) groups excluding carboxylic acids is 2. The molecule has 1 aromatic carbocycles. The first kappa shape index (κ1) is 23.9. The second-order valence-electron chi connectivity index (χ2n) is 9.15. The van der Waals surface area contributed by atoms with Gasteiger partial charge in [-0.15, -0.1) is 5.10 Å². The largest absolute Gasteiger partial charge is 0.460 e. The quantitative estimate of drug-likeness (QED) is 0.531. The molecule has 1 saturated carbocycles. The minimum atomic E-state index is -0.753. The van der Waals surface area contributed by atoms with E-state index in [2.05, 4.69) is 27.8 Å². The summed E-state index contributed by atoms with van der Waals surface area (Å²) in [6.07, 6.45) is 12.4. The third-order valence-electron chi connectivity index (χ3n) is 6.59. The van der Waals surface area contributed by atoms with Crippen molar-refractivity contribution in [3.63, 3.8) is 0 Å². The zero-order chi connectivity index (χ0) is 23.9. The molecule has 2 aromatic rings. The van der Waals surface area contributed by atoms with Crippen molar-refractivity contribution in [2.75, 3.05) is 0 Å². The lowest BCUT2D eigenvalue weighted by Crippen LogP contribution is -2.22. The van der Waals surface area contributed by atoms with E-state index in [0.717, 1.165) is 25.7 Å². The summed E-state index contributed by atoms with van der Waals surface area (Å²) in [6.45, 7) is 2.18. The van der Waals surface area contributed by atoms with Crippen LogP contribution in [0.3, 0.4) is 0 Å². The summed E-state index contributed by atoms with van der Waals surface area (Å²) in [7, 11) is 0. The summed E-state index contributed by atoms with van der Waals surface area (Å²) in [5.74, 6) is -0.432. The number of rotatable bonds is 4. The van der Waals surface area contributed by atoms with Gasteiger partial charge in [0.1, 0.15) is 5.69 Å². The van der Waals surface area contributed by atoms with Gasteiger partial charge in [-0.3, -0.25) is 4.79 Å². The number of cyclic esters (lactones) is 1. The van der Waals surface area contributed by atoms with Crippen molar-refractivity contribution in [1.82, 2.24) is 20.3 Å². The summed E-state index contributed by atoms with van der Waals surface area (Å²) < 4.78 is 7.21. The Kier molecular flexibility index (Phi) is 7.90. The molecule has 1 aliphatic carbocycles. The van der Waals surface area contributed by atoms with E-state index in [1.807, 2.05) is 36.0 Å². The van der Waals surface area contributed by atoms with Gasteiger partial charge in [-0.2, -0.15) is 0 Å². The number of hydrogen-bond acceptors (Lipinski definition) is 6. The van der Waals surface area contributed by atoms with Crippen LogP contribution in [-0.2, 0) is 16.1 Å². The Morgan fingerprint density at radius 3 is 2.88 bits per heavy atom. The zero-order valence-electron chi connectivity index (χ0n) is 19.4. The van der Waals surface area contributed by atoms with Gasteiger partial charge < -0.3 is 15.2 Å². The zero-order valence-corrected chi connectivity index (χ0v) is 19.4. The predicted octanol–water partition coefficient (Wildman–Crippen LogP) is 3.36. The predicted molar refractivity (Wildman–Crippen MR) is 127 cm³/mol. The highest BCUT2D eigenvalue weighted by molar-refractivity contribution is 5.94. The van der Waals surface area contributed by atoms with Crippen LogP contribution in [0, 0.1) is 11.8 Å². The van der Waals surface area contributed by atoms with Gasteiger partial charge in [-0.05, 0) is 69.1 Å². The fourth-order valence-corrected chi connectivity index (χ4v) is 4.75. The van der Waals surface area contributed by atoms with Crippen molar-refractivity contribution in [2.24, 2.45) is 11.8 Å². The van der Waals surface area contributed by atoms with Crippen LogP contribution in [0.4, 0.5) is 0 Å². The molecule has 5 unspecified atom stereocenters. The number of amides is 1. The molecule has 1 aliphatic heterocycles. The van der Waals surface area contributed by atoms with Crippen LogP contribution < -0.4 is 5.32 Å². The second kappa shape index (κ2) is 11.2. The molecule has 0 bridgehead atoms. The normalized spacial score (nSPS) is 28.6. The fraction of sp³-hybridized carbons (Fsp3) is 0.462. The lowest BCUT2D eigenvalue weighted by Gasteiger charge is -2.19. The number of aromatic nitrogens is 3. The molecule has 4 rings (SSSR count). The van der Waals surface area contributed by atoms with Crippen LogP contribution in [0.1, 0.15) is 61.1 Å². The van der Waals surface area contributed by atoms with Gasteiger partial charge in [0.05, 0.1) is 31.0 Å². The summed E-state index contributed by atoms with van der Waals surface area (Å²) in [5.41, 5.74) is 1.28. The van der Waals surface area contributed by atoms with Crippen LogP contribution in [0.2, 0.25) is 0 Å². The number of ether oxygens (including phenoxy) is 1. The maximum Gasteiger partial charge on any atom is 0.330 e. The highest BCUT2D eigenvalue weighted by Crippen LogP contribution is 2.42. The summed E-state index contributed by atoms with van der Waals surface area (Å²) in [4.78, 5) is 24.3. The third kappa shape index (κ3) is 6.20. The molecule has 1 aromatic heterocycles. The number of aliphatic hydroxyl groups is 1. The smallest absolute Gasteiger partial charge is 0.330 e. The maximum absolute atomic E-state index is 12.3. The molecule has 2 heterocycles. The number of aliphatic hydroxyl groups excluding tert-OH is 1. The maximum atomic E-state index is 12.3. The van der Waals surface area contributed by atoms with Gasteiger partial charge in [0.15, 0.2) is 0 Å². The van der Waals surface area contributed by atoms with E-state index in [0.29, 0.717) is 24.2 Å². The van der Waals surface area contributed by atoms with Gasteiger partial charge in [0.2, 0.25) is 0 Å². The Bertz CT molecular complexity index is 1030. The van der Waals surface area contributed by atoms with Crippen LogP contribution in [0.5, 0.6) is 0 Å². The van der Waals surface area contributed by atoms with Crippen LogP contribution >= 0.6 is 0 Å². The molecular weight excluding hydrogens is 432 g/mol. The molecule has 0 saturated heterocycles. The van der Waals surface area contributed by atoms with E-state index < -0.39 is 12.1 Å². The topological polar surface area (TPSA) is 106 Å². The molecule has 0 spiro atoms. The number of benzene rings is 1. The summed E-state index contributed by atoms with van der Waals surface area (Å²) in [5, 5.41) is 22.2. The number of allylic oxidation sites excluding steroid dienone is 2. The number of carbonyl (C=O) groups is 2. The average Bonchev–Trinajstić information content (AvgIpc) is 3.48. The van der Waals surface area contributed by atoms with Gasteiger partial charge in [0, 0.05) is 11.6 Å². The van der Waals surface area contributed by atoms with Crippen molar-refractivity contribution < 1.29 is 19.4 Å². The first-order chi connectivity index (χ1) is 16.5. The van der Waals surface area contributed by atoms with Gasteiger partial charge >= 0.3 is 5.97 Å². The molecule has 8 heteroatoms. The Morgan fingerprint density at radius 2 is 2.06 bits per heavy atom. The Labute approximate surface area is 199 Å². The standard InChI is InChI=1S/C26H32N4O4/c1-18-8-4-2-7-11-20-14-22(15-23(20)24(31)12-13-25(32)34-18)30-17-21(28-29-30)16-27-26(33)19-9-5-3-6-10-19/h3,5-7,9-13,17-18,20,22-24,31H,2,4,8,14-16H2,1H3,(H,27,33)/b11-7+,13-12?. The minimum absolute atomic E-state index is 0.0334. The number of nitrogens with one attached hydrogen (secondary N) is 1. The molecule has 34 heavy (non-hydrogen) atoms. The van der Waals surface area contributed by atoms with E-state index in [4.69, 9.17) is 4.74 Å². The van der Waals surface area contributed by atoms with Crippen LogP contribution in [0.25, 0.3) is 0 Å². The Hall–Kier alpha value is -3.26. The average molecular weight is 465 g/mol. The van der Waals surface area contributed by atoms with E-state index >= 15 is 0 Å². The van der Waals surface area contributed by atoms with E-state index in [1.54, 1.807) is 18.2 Å². The lowest BCUT2D eigenvalue weighted by atomic mass is 9.90. The highest BCUT2D eigenvalue weighted by Gasteiger charge is 2.37. The van der Waals surface area contributed by atoms with Crippen molar-refractivity contribution in [3.8, 4) is 0 Å². The van der Waals surface area contributed by atoms with E-state index in [-0.39, 0.29) is 29.9 Å².